The van der Waals surface area contributed by atoms with E-state index in [1.54, 1.807) is 13.1 Å². The van der Waals surface area contributed by atoms with Gasteiger partial charge in [0.25, 0.3) is 0 Å². The van der Waals surface area contributed by atoms with Crippen molar-refractivity contribution in [2.24, 2.45) is 0 Å². The Morgan fingerprint density at radius 1 is 1.53 bits per heavy atom. The highest BCUT2D eigenvalue weighted by Crippen LogP contribution is 2.27. The second-order valence-corrected chi connectivity index (χ2v) is 4.32. The summed E-state index contributed by atoms with van der Waals surface area (Å²) in [6, 6.07) is 4.48. The van der Waals surface area contributed by atoms with Crippen molar-refractivity contribution >= 4 is 5.82 Å². The summed E-state index contributed by atoms with van der Waals surface area (Å²) in [6.45, 7) is 1.78. The first-order chi connectivity index (χ1) is 7.18. The Morgan fingerprint density at radius 3 is 2.80 bits per heavy atom. The van der Waals surface area contributed by atoms with Crippen LogP contribution < -0.4 is 4.90 Å². The van der Waals surface area contributed by atoms with Gasteiger partial charge in [0.15, 0.2) is 0 Å². The molecule has 0 bridgehead atoms. The Hall–Kier alpha value is -1.09. The second-order valence-electron chi connectivity index (χ2n) is 4.32. The van der Waals surface area contributed by atoms with E-state index in [9.17, 15) is 5.11 Å². The first-order valence-corrected chi connectivity index (χ1v) is 5.55. The molecule has 3 heteroatoms. The lowest BCUT2D eigenvalue weighted by molar-refractivity contribution is 0.199. The number of nitrogens with zero attached hydrogens (tertiary/aromatic N) is 2. The fraction of sp³-hybridized carbons (Fsp3) is 0.583. The van der Waals surface area contributed by atoms with Crippen LogP contribution in [0.4, 0.5) is 5.82 Å². The first-order valence-electron chi connectivity index (χ1n) is 5.55. The molecule has 0 aromatic carbocycles. The first kappa shape index (κ1) is 10.4. The zero-order chi connectivity index (χ0) is 10.8. The van der Waals surface area contributed by atoms with Gasteiger partial charge in [-0.15, -0.1) is 0 Å². The van der Waals surface area contributed by atoms with Crippen LogP contribution in [0, 0.1) is 0 Å². The maximum atomic E-state index is 9.49. The van der Waals surface area contributed by atoms with Crippen LogP contribution in [0.25, 0.3) is 0 Å². The average molecular weight is 206 g/mol. The Bertz CT molecular complexity index is 334. The summed E-state index contributed by atoms with van der Waals surface area (Å²) in [5, 5.41) is 9.49. The number of hydrogen-bond acceptors (Lipinski definition) is 3. The maximum Gasteiger partial charge on any atom is 0.128 e. The molecule has 0 aliphatic heterocycles. The van der Waals surface area contributed by atoms with E-state index in [0.717, 1.165) is 11.4 Å². The molecular weight excluding hydrogens is 188 g/mol. The van der Waals surface area contributed by atoms with Gasteiger partial charge in [-0.1, -0.05) is 0 Å². The smallest absolute Gasteiger partial charge is 0.128 e. The molecule has 1 N–H and O–H groups in total. The van der Waals surface area contributed by atoms with E-state index < -0.39 is 6.10 Å². The molecule has 0 unspecified atom stereocenters. The molecule has 1 heterocycles. The quantitative estimate of drug-likeness (QED) is 0.823. The Balaban J connectivity index is 2.16. The fourth-order valence-electron chi connectivity index (χ4n) is 1.85. The predicted molar refractivity (Wildman–Crippen MR) is 60.9 cm³/mol. The van der Waals surface area contributed by atoms with Gasteiger partial charge < -0.3 is 10.0 Å². The van der Waals surface area contributed by atoms with Crippen molar-refractivity contribution in [1.82, 2.24) is 4.98 Å². The van der Waals surface area contributed by atoms with Gasteiger partial charge in [-0.05, 0) is 43.9 Å². The highest BCUT2D eigenvalue weighted by atomic mass is 16.3. The average Bonchev–Trinajstić information content (AvgIpc) is 2.15. The van der Waals surface area contributed by atoms with Crippen LogP contribution in [0.5, 0.6) is 0 Å². The van der Waals surface area contributed by atoms with E-state index in [2.05, 4.69) is 16.9 Å². The molecule has 15 heavy (non-hydrogen) atoms. The number of rotatable bonds is 3. The summed E-state index contributed by atoms with van der Waals surface area (Å²) >= 11 is 0. The van der Waals surface area contributed by atoms with Crippen LogP contribution in [0.2, 0.25) is 0 Å². The predicted octanol–water partition coefficient (Wildman–Crippen LogP) is 2.12. The lowest BCUT2D eigenvalue weighted by Crippen LogP contribution is -2.37. The highest BCUT2D eigenvalue weighted by Gasteiger charge is 2.23. The molecule has 2 rings (SSSR count). The number of pyridine rings is 1. The topological polar surface area (TPSA) is 36.4 Å². The van der Waals surface area contributed by atoms with Crippen LogP contribution in [-0.2, 0) is 0 Å². The molecule has 0 spiro atoms. The number of anilines is 1. The Labute approximate surface area is 90.8 Å². The van der Waals surface area contributed by atoms with Gasteiger partial charge in [0, 0.05) is 19.3 Å². The van der Waals surface area contributed by atoms with Gasteiger partial charge in [0.1, 0.15) is 5.82 Å². The van der Waals surface area contributed by atoms with E-state index in [4.69, 9.17) is 0 Å². The molecule has 0 amide bonds. The fourth-order valence-corrected chi connectivity index (χ4v) is 1.85. The van der Waals surface area contributed by atoms with Gasteiger partial charge >= 0.3 is 0 Å². The minimum atomic E-state index is -0.415. The molecule has 82 valence electrons. The summed E-state index contributed by atoms with van der Waals surface area (Å²) in [7, 11) is 2.08. The largest absolute Gasteiger partial charge is 0.389 e. The van der Waals surface area contributed by atoms with E-state index in [1.165, 1.54) is 19.3 Å². The number of hydrogen-bond donors (Lipinski definition) is 1. The molecule has 1 aromatic rings. The normalized spacial score (nSPS) is 18.3. The second kappa shape index (κ2) is 4.19. The van der Waals surface area contributed by atoms with Crippen molar-refractivity contribution in [2.45, 2.75) is 38.3 Å². The minimum Gasteiger partial charge on any atom is -0.389 e. The SMILES string of the molecule is C[C@H](O)c1ccnc(N(C)C2CCC2)c1. The molecule has 1 aromatic heterocycles. The molecule has 1 fully saturated rings. The molecule has 1 aliphatic carbocycles. The number of aliphatic hydroxyl groups excluding tert-OH is 1. The van der Waals surface area contributed by atoms with Crippen LogP contribution >= 0.6 is 0 Å². The third-order valence-corrected chi connectivity index (χ3v) is 3.24. The zero-order valence-corrected chi connectivity index (χ0v) is 9.35. The molecule has 1 aliphatic rings. The molecular formula is C12H18N2O. The van der Waals surface area contributed by atoms with Crippen LogP contribution in [0.15, 0.2) is 18.3 Å². The van der Waals surface area contributed by atoms with Crippen LogP contribution in [-0.4, -0.2) is 23.2 Å². The van der Waals surface area contributed by atoms with Gasteiger partial charge in [0.2, 0.25) is 0 Å². The van der Waals surface area contributed by atoms with E-state index in [1.807, 2.05) is 12.1 Å². The third-order valence-electron chi connectivity index (χ3n) is 3.24. The summed E-state index contributed by atoms with van der Waals surface area (Å²) in [5.74, 6) is 0.970. The zero-order valence-electron chi connectivity index (χ0n) is 9.35. The van der Waals surface area contributed by atoms with E-state index in [-0.39, 0.29) is 0 Å². The van der Waals surface area contributed by atoms with Crippen molar-refractivity contribution in [3.63, 3.8) is 0 Å². The van der Waals surface area contributed by atoms with Crippen LogP contribution in [0.3, 0.4) is 0 Å². The molecule has 3 nitrogen and oxygen atoms in total. The van der Waals surface area contributed by atoms with E-state index >= 15 is 0 Å². The number of aromatic nitrogens is 1. The van der Waals surface area contributed by atoms with E-state index in [0.29, 0.717) is 6.04 Å². The van der Waals surface area contributed by atoms with Gasteiger partial charge in [-0.2, -0.15) is 0 Å². The summed E-state index contributed by atoms with van der Waals surface area (Å²) in [5.41, 5.74) is 0.936. The maximum absolute atomic E-state index is 9.49. The van der Waals surface area contributed by atoms with Crippen molar-refractivity contribution in [3.8, 4) is 0 Å². The molecule has 0 saturated heterocycles. The molecule has 1 atom stereocenters. The Kier molecular flexibility index (Phi) is 2.91. The lowest BCUT2D eigenvalue weighted by atomic mass is 9.92. The summed E-state index contributed by atoms with van der Waals surface area (Å²) < 4.78 is 0. The summed E-state index contributed by atoms with van der Waals surface area (Å²) in [6.07, 6.45) is 5.20. The van der Waals surface area contributed by atoms with Gasteiger partial charge in [-0.3, -0.25) is 0 Å². The lowest BCUT2D eigenvalue weighted by Gasteiger charge is -2.35. The number of aliphatic hydroxyl groups is 1. The molecule has 0 radical (unpaired) electrons. The van der Waals surface area contributed by atoms with Crippen molar-refractivity contribution in [3.05, 3.63) is 23.9 Å². The monoisotopic (exact) mass is 206 g/mol. The van der Waals surface area contributed by atoms with Gasteiger partial charge in [-0.25, -0.2) is 4.98 Å². The standard InChI is InChI=1S/C12H18N2O/c1-9(15)10-6-7-13-12(8-10)14(2)11-4-3-5-11/h6-9,11,15H,3-5H2,1-2H3/t9-/m0/s1. The molecule has 1 saturated carbocycles. The van der Waals surface area contributed by atoms with Crippen molar-refractivity contribution in [1.29, 1.82) is 0 Å². The minimum absolute atomic E-state index is 0.415. The van der Waals surface area contributed by atoms with Crippen LogP contribution in [0.1, 0.15) is 37.9 Å². The summed E-state index contributed by atoms with van der Waals surface area (Å²) in [4.78, 5) is 6.56. The van der Waals surface area contributed by atoms with Crippen molar-refractivity contribution < 1.29 is 5.11 Å². The van der Waals surface area contributed by atoms with Crippen molar-refractivity contribution in [2.75, 3.05) is 11.9 Å². The van der Waals surface area contributed by atoms with Gasteiger partial charge in [0.05, 0.1) is 6.10 Å². The third kappa shape index (κ3) is 2.12. The highest BCUT2D eigenvalue weighted by molar-refractivity contribution is 5.42. The Morgan fingerprint density at radius 2 is 2.27 bits per heavy atom.